The van der Waals surface area contributed by atoms with Gasteiger partial charge in [0.2, 0.25) is 0 Å². The molecule has 1 aliphatic rings. The van der Waals surface area contributed by atoms with E-state index in [-0.39, 0.29) is 23.6 Å². The van der Waals surface area contributed by atoms with E-state index in [2.05, 4.69) is 15.3 Å². The van der Waals surface area contributed by atoms with Gasteiger partial charge in [-0.2, -0.15) is 13.2 Å². The van der Waals surface area contributed by atoms with Gasteiger partial charge in [0, 0.05) is 36.3 Å². The summed E-state index contributed by atoms with van der Waals surface area (Å²) in [7, 11) is 1.53. The number of alkyl halides is 3. The second-order valence-electron chi connectivity index (χ2n) is 8.79. The van der Waals surface area contributed by atoms with E-state index in [1.165, 1.54) is 11.6 Å². The summed E-state index contributed by atoms with van der Waals surface area (Å²) in [6, 6.07) is 15.3. The van der Waals surface area contributed by atoms with Gasteiger partial charge in [-0.05, 0) is 49.4 Å². The molecule has 1 aliphatic heterocycles. The maximum Gasteiger partial charge on any atom is 0.419 e. The fraction of sp³-hybridized carbons (Fsp3) is 0.296. The summed E-state index contributed by atoms with van der Waals surface area (Å²) < 4.78 is 43.6. The third-order valence-corrected chi connectivity index (χ3v) is 6.64. The van der Waals surface area contributed by atoms with Crippen LogP contribution in [-0.4, -0.2) is 29.8 Å². The highest BCUT2D eigenvalue weighted by molar-refractivity contribution is 6.35. The Morgan fingerprint density at radius 1 is 1.17 bits per heavy atom. The van der Waals surface area contributed by atoms with Crippen molar-refractivity contribution in [1.82, 2.24) is 9.88 Å². The lowest BCUT2D eigenvalue weighted by Crippen LogP contribution is -2.31. The van der Waals surface area contributed by atoms with Crippen LogP contribution in [0.4, 0.5) is 13.2 Å². The van der Waals surface area contributed by atoms with Crippen molar-refractivity contribution in [3.05, 3.63) is 86.9 Å². The number of aliphatic imine (C=N–C) groups is 2. The molecule has 3 aromatic rings. The molecule has 9 heteroatoms. The van der Waals surface area contributed by atoms with E-state index in [0.717, 1.165) is 6.21 Å². The number of hydrogen-bond donors (Lipinski definition) is 1. The zero-order chi connectivity index (χ0) is 26.0. The first-order valence-electron chi connectivity index (χ1n) is 11.6. The molecule has 4 rings (SSSR count). The number of nitrogens with one attached hydrogen (secondary N) is 1. The highest BCUT2D eigenvalue weighted by Gasteiger charge is 2.37. The summed E-state index contributed by atoms with van der Waals surface area (Å²) >= 11 is 6.36. The zero-order valence-corrected chi connectivity index (χ0v) is 20.9. The maximum atomic E-state index is 14.0. The minimum Gasteiger partial charge on any atom is -0.380 e. The van der Waals surface area contributed by atoms with E-state index >= 15 is 0 Å². The first-order chi connectivity index (χ1) is 17.1. The van der Waals surface area contributed by atoms with Gasteiger partial charge in [0.1, 0.15) is 5.84 Å². The summed E-state index contributed by atoms with van der Waals surface area (Å²) in [4.78, 5) is 21.7. The van der Waals surface area contributed by atoms with Crippen LogP contribution in [0.1, 0.15) is 38.4 Å². The van der Waals surface area contributed by atoms with Crippen LogP contribution in [-0.2, 0) is 0 Å². The first-order valence-corrected chi connectivity index (χ1v) is 12.0. The lowest BCUT2D eigenvalue weighted by atomic mass is 9.98. The Bertz CT molecular complexity index is 1420. The Balaban J connectivity index is 1.88. The normalized spacial score (nSPS) is 18.9. The van der Waals surface area contributed by atoms with Gasteiger partial charge >= 0.3 is 6.18 Å². The molecule has 0 spiro atoms. The van der Waals surface area contributed by atoms with Crippen LogP contribution < -0.4 is 10.9 Å². The van der Waals surface area contributed by atoms with Crippen molar-refractivity contribution in [2.75, 3.05) is 7.05 Å². The summed E-state index contributed by atoms with van der Waals surface area (Å²) in [6.07, 6.45) is -3.17. The Morgan fingerprint density at radius 3 is 2.56 bits per heavy atom. The van der Waals surface area contributed by atoms with Crippen LogP contribution in [0.5, 0.6) is 0 Å². The number of pyridine rings is 1. The largest absolute Gasteiger partial charge is 0.419 e. The van der Waals surface area contributed by atoms with Gasteiger partial charge in [-0.3, -0.25) is 14.4 Å². The molecule has 2 aromatic carbocycles. The lowest BCUT2D eigenvalue weighted by Gasteiger charge is -2.26. The molecule has 0 fully saturated rings. The molecule has 0 aliphatic carbocycles. The highest BCUT2D eigenvalue weighted by atomic mass is 35.5. The molecule has 1 aromatic heterocycles. The molecule has 0 saturated carbocycles. The van der Waals surface area contributed by atoms with Gasteiger partial charge in [0.05, 0.1) is 22.0 Å². The monoisotopic (exact) mass is 514 g/mol. The number of hydrogen-bond acceptors (Lipinski definition) is 3. The van der Waals surface area contributed by atoms with Crippen molar-refractivity contribution in [2.45, 2.75) is 38.9 Å². The fourth-order valence-corrected chi connectivity index (χ4v) is 4.73. The van der Waals surface area contributed by atoms with Gasteiger partial charge < -0.3 is 5.32 Å². The van der Waals surface area contributed by atoms with E-state index < -0.39 is 17.8 Å². The van der Waals surface area contributed by atoms with Crippen molar-refractivity contribution in [2.24, 2.45) is 15.9 Å². The van der Waals surface area contributed by atoms with Crippen molar-refractivity contribution < 1.29 is 13.2 Å². The van der Waals surface area contributed by atoms with Crippen molar-refractivity contribution in [1.29, 1.82) is 0 Å². The number of allylic oxidation sites excluding steroid dienone is 2. The summed E-state index contributed by atoms with van der Waals surface area (Å²) in [6.45, 7) is 3.63. The van der Waals surface area contributed by atoms with E-state index in [0.29, 0.717) is 39.4 Å². The predicted octanol–water partition coefficient (Wildman–Crippen LogP) is 6.64. The predicted molar refractivity (Wildman–Crippen MR) is 139 cm³/mol. The molecule has 36 heavy (non-hydrogen) atoms. The lowest BCUT2D eigenvalue weighted by molar-refractivity contribution is -0.0869. The van der Waals surface area contributed by atoms with Crippen LogP contribution in [0, 0.1) is 5.92 Å². The van der Waals surface area contributed by atoms with Gasteiger partial charge in [-0.25, -0.2) is 4.99 Å². The Kier molecular flexibility index (Phi) is 7.36. The van der Waals surface area contributed by atoms with Gasteiger partial charge in [0.25, 0.3) is 5.56 Å². The average Bonchev–Trinajstić information content (AvgIpc) is 2.83. The molecule has 0 bridgehead atoms. The van der Waals surface area contributed by atoms with E-state index in [1.54, 1.807) is 55.5 Å². The van der Waals surface area contributed by atoms with Crippen LogP contribution in [0.3, 0.4) is 0 Å². The zero-order valence-electron chi connectivity index (χ0n) is 20.1. The number of fused-ring (bicyclic) bond motifs is 1. The third-order valence-electron chi connectivity index (χ3n) is 6.33. The number of aromatic nitrogens is 1. The molecule has 2 unspecified atom stereocenters. The summed E-state index contributed by atoms with van der Waals surface area (Å²) in [5, 5.41) is 4.35. The quantitative estimate of drug-likeness (QED) is 0.424. The Labute approximate surface area is 212 Å². The Morgan fingerprint density at radius 2 is 1.89 bits per heavy atom. The maximum absolute atomic E-state index is 14.0. The highest BCUT2D eigenvalue weighted by Crippen LogP contribution is 2.32. The van der Waals surface area contributed by atoms with E-state index in [9.17, 15) is 18.0 Å². The molecule has 2 heterocycles. The molecule has 0 amide bonds. The molecule has 5 nitrogen and oxygen atoms in total. The molecule has 188 valence electrons. The third kappa shape index (κ3) is 5.09. The molecule has 2 atom stereocenters. The fourth-order valence-electron chi connectivity index (χ4n) is 4.47. The summed E-state index contributed by atoms with van der Waals surface area (Å²) in [5.41, 5.74) is -0.0547. The molecule has 0 saturated heterocycles. The number of amidine groups is 1. The second-order valence-corrected chi connectivity index (χ2v) is 9.19. The van der Waals surface area contributed by atoms with Crippen molar-refractivity contribution in [3.8, 4) is 5.69 Å². The molecular weight excluding hydrogens is 489 g/mol. The number of halogens is 4. The molecular formula is C27H26ClF3N4O. The van der Waals surface area contributed by atoms with Crippen molar-refractivity contribution >= 4 is 34.4 Å². The minimum atomic E-state index is -4.61. The smallest absolute Gasteiger partial charge is 0.380 e. The van der Waals surface area contributed by atoms with E-state index in [1.807, 2.05) is 13.0 Å². The van der Waals surface area contributed by atoms with Crippen LogP contribution in [0.15, 0.2) is 80.6 Å². The summed E-state index contributed by atoms with van der Waals surface area (Å²) in [5.74, 6) is 0.284. The number of benzene rings is 2. The first kappa shape index (κ1) is 25.7. The second kappa shape index (κ2) is 10.3. The van der Waals surface area contributed by atoms with Gasteiger partial charge in [0.15, 0.2) is 0 Å². The van der Waals surface area contributed by atoms with Gasteiger partial charge in [-0.15, -0.1) is 0 Å². The standard InChI is InChI=1S/C27H26ClF3N4O/c1-16-12-13-22(20(27(29,30)31)15-33-25(16)32-3)34-17(2)23-14-18-8-7-11-21(28)24(18)26(36)35(23)19-9-5-4-6-10-19/h4-11,14-17,34H,12-13H2,1-3H3. The minimum absolute atomic E-state index is 0.0269. The number of para-hydroxylation sites is 1. The van der Waals surface area contributed by atoms with Crippen LogP contribution in [0.25, 0.3) is 16.5 Å². The number of nitrogens with zero attached hydrogens (tertiary/aromatic N) is 3. The Hall–Kier alpha value is -3.39. The SMILES string of the molecule is CN=C1N=CC(C(F)(F)F)=C(NC(C)c2cc3cccc(Cl)c3c(=O)n2-c2ccccc2)CCC1C. The molecule has 1 N–H and O–H groups in total. The topological polar surface area (TPSA) is 58.8 Å². The van der Waals surface area contributed by atoms with E-state index in [4.69, 9.17) is 11.6 Å². The molecule has 0 radical (unpaired) electrons. The van der Waals surface area contributed by atoms with Crippen LogP contribution in [0.2, 0.25) is 5.02 Å². The van der Waals surface area contributed by atoms with Gasteiger partial charge in [-0.1, -0.05) is 48.9 Å². The van der Waals surface area contributed by atoms with Crippen LogP contribution >= 0.6 is 11.6 Å². The number of rotatable bonds is 4. The average molecular weight is 515 g/mol. The van der Waals surface area contributed by atoms with Crippen molar-refractivity contribution in [3.63, 3.8) is 0 Å².